The van der Waals surface area contributed by atoms with Crippen LogP contribution < -0.4 is 0 Å². The fourth-order valence-electron chi connectivity index (χ4n) is 3.06. The highest BCUT2D eigenvalue weighted by molar-refractivity contribution is 7.90. The van der Waals surface area contributed by atoms with E-state index >= 15 is 0 Å². The molecular formula is C21H14F4N2O3S. The van der Waals surface area contributed by atoms with Gasteiger partial charge in [-0.2, -0.15) is 18.3 Å². The molecule has 160 valence electrons. The number of alkyl halides is 3. The summed E-state index contributed by atoms with van der Waals surface area (Å²) in [6.45, 7) is 0. The van der Waals surface area contributed by atoms with Crippen LogP contribution in [0.5, 0.6) is 0 Å². The van der Waals surface area contributed by atoms with Crippen LogP contribution in [0, 0.1) is 5.82 Å². The Bertz CT molecular complexity index is 1340. The van der Waals surface area contributed by atoms with Gasteiger partial charge in [0, 0.05) is 17.4 Å². The molecule has 5 nitrogen and oxygen atoms in total. The van der Waals surface area contributed by atoms with E-state index in [2.05, 4.69) is 5.10 Å². The Kier molecular flexibility index (Phi) is 4.97. The summed E-state index contributed by atoms with van der Waals surface area (Å²) >= 11 is 0. The average Bonchev–Trinajstić information content (AvgIpc) is 3.37. The molecule has 0 fully saturated rings. The minimum Gasteiger partial charge on any atom is -0.464 e. The molecule has 4 rings (SSSR count). The van der Waals surface area contributed by atoms with Crippen LogP contribution in [0.2, 0.25) is 0 Å². The zero-order chi connectivity index (χ0) is 22.4. The van der Waals surface area contributed by atoms with Gasteiger partial charge in [0.1, 0.15) is 11.6 Å². The van der Waals surface area contributed by atoms with Gasteiger partial charge in [-0.05, 0) is 54.6 Å². The summed E-state index contributed by atoms with van der Waals surface area (Å²) in [6.07, 6.45) is -2.32. The number of benzene rings is 2. The third-order valence-corrected chi connectivity index (χ3v) is 5.69. The van der Waals surface area contributed by atoms with E-state index in [1.165, 1.54) is 42.7 Å². The first-order valence-electron chi connectivity index (χ1n) is 8.85. The van der Waals surface area contributed by atoms with Crippen LogP contribution in [-0.2, 0) is 16.0 Å². The topological polar surface area (TPSA) is 65.1 Å². The highest BCUT2D eigenvalue weighted by atomic mass is 32.2. The van der Waals surface area contributed by atoms with Gasteiger partial charge in [-0.25, -0.2) is 17.5 Å². The van der Waals surface area contributed by atoms with Crippen LogP contribution in [0.4, 0.5) is 17.6 Å². The maximum atomic E-state index is 14.9. The molecule has 0 aliphatic rings. The molecule has 10 heteroatoms. The number of nitrogens with zero attached hydrogens (tertiary/aromatic N) is 2. The number of hydrogen-bond acceptors (Lipinski definition) is 4. The fraction of sp³-hybridized carbons (Fsp3) is 0.0952. The van der Waals surface area contributed by atoms with Gasteiger partial charge in [-0.15, -0.1) is 0 Å². The van der Waals surface area contributed by atoms with Crippen LogP contribution in [0.15, 0.2) is 76.2 Å². The van der Waals surface area contributed by atoms with Crippen molar-refractivity contribution in [2.24, 2.45) is 0 Å². The molecule has 0 unspecified atom stereocenters. The predicted molar refractivity (Wildman–Crippen MR) is 105 cm³/mol. The molecule has 2 aromatic carbocycles. The Morgan fingerprint density at radius 2 is 1.71 bits per heavy atom. The van der Waals surface area contributed by atoms with E-state index in [-0.39, 0.29) is 21.8 Å². The Hall–Kier alpha value is -3.40. The van der Waals surface area contributed by atoms with Crippen LogP contribution in [0.3, 0.4) is 0 Å². The van der Waals surface area contributed by atoms with E-state index < -0.39 is 27.5 Å². The molecular weight excluding hydrogens is 436 g/mol. The average molecular weight is 450 g/mol. The lowest BCUT2D eigenvalue weighted by atomic mass is 10.1. The van der Waals surface area contributed by atoms with E-state index in [9.17, 15) is 26.0 Å². The maximum absolute atomic E-state index is 14.9. The van der Waals surface area contributed by atoms with Crippen molar-refractivity contribution in [2.75, 3.05) is 6.26 Å². The predicted octanol–water partition coefficient (Wildman–Crippen LogP) is 5.36. The van der Waals surface area contributed by atoms with Crippen LogP contribution in [0.25, 0.3) is 28.3 Å². The summed E-state index contributed by atoms with van der Waals surface area (Å²) in [5.41, 5.74) is -0.879. The summed E-state index contributed by atoms with van der Waals surface area (Å²) in [5.74, 6) is -0.358. The van der Waals surface area contributed by atoms with Crippen molar-refractivity contribution in [1.29, 1.82) is 0 Å². The van der Waals surface area contributed by atoms with Crippen LogP contribution >= 0.6 is 0 Å². The van der Waals surface area contributed by atoms with E-state index in [1.54, 1.807) is 12.1 Å². The van der Waals surface area contributed by atoms with Crippen molar-refractivity contribution in [3.63, 3.8) is 0 Å². The lowest BCUT2D eigenvalue weighted by molar-refractivity contribution is -0.141. The zero-order valence-electron chi connectivity index (χ0n) is 15.9. The van der Waals surface area contributed by atoms with Crippen molar-refractivity contribution < 1.29 is 30.4 Å². The Balaban J connectivity index is 1.85. The van der Waals surface area contributed by atoms with Gasteiger partial charge < -0.3 is 4.42 Å². The second kappa shape index (κ2) is 7.38. The number of sulfone groups is 1. The molecule has 0 aliphatic carbocycles. The minimum atomic E-state index is -4.75. The van der Waals surface area contributed by atoms with Gasteiger partial charge in [-0.1, -0.05) is 6.07 Å². The van der Waals surface area contributed by atoms with E-state index in [0.29, 0.717) is 11.3 Å². The molecule has 0 aliphatic heterocycles. The Morgan fingerprint density at radius 3 is 2.26 bits per heavy atom. The van der Waals surface area contributed by atoms with Crippen molar-refractivity contribution in [2.45, 2.75) is 11.1 Å². The normalized spacial score (nSPS) is 12.3. The first-order valence-corrected chi connectivity index (χ1v) is 10.7. The molecule has 31 heavy (non-hydrogen) atoms. The number of halogens is 4. The van der Waals surface area contributed by atoms with Crippen molar-refractivity contribution >= 4 is 9.84 Å². The lowest BCUT2D eigenvalue weighted by Crippen LogP contribution is -2.07. The summed E-state index contributed by atoms with van der Waals surface area (Å²) in [6, 6.07) is 13.1. The maximum Gasteiger partial charge on any atom is 0.435 e. The second-order valence-corrected chi connectivity index (χ2v) is 8.78. The number of aromatic nitrogens is 2. The zero-order valence-corrected chi connectivity index (χ0v) is 16.7. The van der Waals surface area contributed by atoms with Gasteiger partial charge in [0.2, 0.25) is 0 Å². The van der Waals surface area contributed by atoms with Crippen LogP contribution in [-0.4, -0.2) is 24.5 Å². The number of furan rings is 1. The molecule has 0 spiro atoms. The molecule has 4 aromatic rings. The second-order valence-electron chi connectivity index (χ2n) is 6.76. The lowest BCUT2D eigenvalue weighted by Gasteiger charge is -2.10. The quantitative estimate of drug-likeness (QED) is 0.393. The fourth-order valence-corrected chi connectivity index (χ4v) is 3.69. The van der Waals surface area contributed by atoms with Gasteiger partial charge >= 0.3 is 6.18 Å². The van der Waals surface area contributed by atoms with Gasteiger partial charge in [0.05, 0.1) is 22.5 Å². The van der Waals surface area contributed by atoms with Gasteiger partial charge in [0.25, 0.3) is 0 Å². The van der Waals surface area contributed by atoms with Gasteiger partial charge in [0.15, 0.2) is 15.5 Å². The third-order valence-electron chi connectivity index (χ3n) is 4.56. The van der Waals surface area contributed by atoms with Crippen molar-refractivity contribution in [3.8, 4) is 28.3 Å². The first kappa shape index (κ1) is 20.9. The van der Waals surface area contributed by atoms with E-state index in [4.69, 9.17) is 4.42 Å². The minimum absolute atomic E-state index is 0.00465. The molecule has 0 atom stereocenters. The van der Waals surface area contributed by atoms with E-state index in [0.717, 1.165) is 23.1 Å². The highest BCUT2D eigenvalue weighted by Crippen LogP contribution is 2.35. The van der Waals surface area contributed by atoms with Crippen LogP contribution in [0.1, 0.15) is 5.69 Å². The van der Waals surface area contributed by atoms with Crippen molar-refractivity contribution in [3.05, 3.63) is 78.4 Å². The monoisotopic (exact) mass is 450 g/mol. The summed E-state index contributed by atoms with van der Waals surface area (Å²) < 4.78 is 84.3. The summed E-state index contributed by atoms with van der Waals surface area (Å²) in [4.78, 5) is -0.00465. The summed E-state index contributed by atoms with van der Waals surface area (Å²) in [7, 11) is -3.49. The molecule has 0 amide bonds. The Labute approximate surface area is 174 Å². The molecule has 0 saturated carbocycles. The highest BCUT2D eigenvalue weighted by Gasteiger charge is 2.35. The molecule has 2 aromatic heterocycles. The molecule has 0 bridgehead atoms. The largest absolute Gasteiger partial charge is 0.464 e. The SMILES string of the molecule is CS(=O)(=O)c1ccc(-n2nc(C(F)(F)F)cc2-c2ccc(-c3ccco3)cc2F)cc1. The number of rotatable bonds is 4. The molecule has 0 radical (unpaired) electrons. The smallest absolute Gasteiger partial charge is 0.435 e. The standard InChI is InChI=1S/C21H14F4N2O3S/c1-31(28,29)15-7-5-14(6-8-15)27-18(12-20(26-27)21(23,24)25)16-9-4-13(11-17(16)22)19-3-2-10-30-19/h2-12H,1H3. The number of hydrogen-bond donors (Lipinski definition) is 0. The summed E-state index contributed by atoms with van der Waals surface area (Å²) in [5, 5.41) is 3.59. The van der Waals surface area contributed by atoms with Crippen molar-refractivity contribution in [1.82, 2.24) is 9.78 Å². The molecule has 0 saturated heterocycles. The third kappa shape index (κ3) is 4.11. The molecule has 2 heterocycles. The van der Waals surface area contributed by atoms with E-state index in [1.807, 2.05) is 0 Å². The van der Waals surface area contributed by atoms with Gasteiger partial charge in [-0.3, -0.25) is 0 Å². The first-order chi connectivity index (χ1) is 14.5. The molecule has 0 N–H and O–H groups in total. The Morgan fingerprint density at radius 1 is 1.00 bits per heavy atom.